The van der Waals surface area contributed by atoms with Crippen molar-refractivity contribution in [3.63, 3.8) is 0 Å². The highest BCUT2D eigenvalue weighted by molar-refractivity contribution is 5.90. The molecule has 2 saturated heterocycles. The van der Waals surface area contributed by atoms with E-state index in [4.69, 9.17) is 9.47 Å². The number of methoxy groups -OCH3 is 1. The van der Waals surface area contributed by atoms with Crippen molar-refractivity contribution in [2.24, 2.45) is 0 Å². The third-order valence-electron chi connectivity index (χ3n) is 5.32. The van der Waals surface area contributed by atoms with Crippen molar-refractivity contribution in [2.45, 2.75) is 6.10 Å². The fourth-order valence-electron chi connectivity index (χ4n) is 3.69. The first-order valence-corrected chi connectivity index (χ1v) is 9.51. The van der Waals surface area contributed by atoms with Crippen LogP contribution >= 0.6 is 0 Å². The Morgan fingerprint density at radius 1 is 0.929 bits per heavy atom. The first kappa shape index (κ1) is 18.4. The predicted octanol–water partition coefficient (Wildman–Crippen LogP) is 2.34. The lowest BCUT2D eigenvalue weighted by Gasteiger charge is -2.37. The Bertz CT molecular complexity index is 801. The highest BCUT2D eigenvalue weighted by Crippen LogP contribution is 2.26. The zero-order valence-electron chi connectivity index (χ0n) is 16.0. The lowest BCUT2D eigenvalue weighted by Crippen LogP contribution is -2.46. The number of aliphatic hydroxyl groups is 1. The molecule has 2 aromatic rings. The van der Waals surface area contributed by atoms with Gasteiger partial charge in [0.2, 0.25) is 0 Å². The minimum absolute atomic E-state index is 0.154. The SMILES string of the molecule is COc1ccc(N2CCN(c3ccc(N4C[C@H](CO)OC4=O)cc3)CC2)cc1. The highest BCUT2D eigenvalue weighted by Gasteiger charge is 2.31. The Kier molecular flexibility index (Phi) is 5.25. The largest absolute Gasteiger partial charge is 0.497 e. The molecule has 1 N–H and O–H groups in total. The maximum absolute atomic E-state index is 11.9. The molecule has 2 aromatic carbocycles. The topological polar surface area (TPSA) is 65.5 Å². The summed E-state index contributed by atoms with van der Waals surface area (Å²) in [5.41, 5.74) is 3.15. The van der Waals surface area contributed by atoms with Crippen molar-refractivity contribution in [3.8, 4) is 5.75 Å². The van der Waals surface area contributed by atoms with Gasteiger partial charge in [-0.15, -0.1) is 0 Å². The van der Waals surface area contributed by atoms with Gasteiger partial charge in [-0.3, -0.25) is 4.90 Å². The molecule has 7 nitrogen and oxygen atoms in total. The Morgan fingerprint density at radius 2 is 1.43 bits per heavy atom. The van der Waals surface area contributed by atoms with Crippen LogP contribution in [0, 0.1) is 0 Å². The number of rotatable bonds is 5. The highest BCUT2D eigenvalue weighted by atomic mass is 16.6. The summed E-state index contributed by atoms with van der Waals surface area (Å²) >= 11 is 0. The number of hydrogen-bond acceptors (Lipinski definition) is 6. The Morgan fingerprint density at radius 3 is 1.89 bits per heavy atom. The van der Waals surface area contributed by atoms with Gasteiger partial charge in [-0.2, -0.15) is 0 Å². The van der Waals surface area contributed by atoms with Crippen LogP contribution in [0.3, 0.4) is 0 Å². The van der Waals surface area contributed by atoms with Crippen molar-refractivity contribution in [3.05, 3.63) is 48.5 Å². The molecule has 1 amide bonds. The summed E-state index contributed by atoms with van der Waals surface area (Å²) in [5.74, 6) is 0.870. The van der Waals surface area contributed by atoms with Crippen LogP contribution in [-0.4, -0.2) is 63.7 Å². The summed E-state index contributed by atoms with van der Waals surface area (Å²) in [5, 5.41) is 9.17. The second-order valence-electron chi connectivity index (χ2n) is 6.99. The third-order valence-corrected chi connectivity index (χ3v) is 5.32. The van der Waals surface area contributed by atoms with Gasteiger partial charge >= 0.3 is 6.09 Å². The molecule has 0 bridgehead atoms. The van der Waals surface area contributed by atoms with E-state index in [0.29, 0.717) is 6.54 Å². The molecule has 4 rings (SSSR count). The quantitative estimate of drug-likeness (QED) is 0.855. The molecule has 2 fully saturated rings. The summed E-state index contributed by atoms with van der Waals surface area (Å²) in [7, 11) is 1.68. The molecule has 0 spiro atoms. The Balaban J connectivity index is 1.36. The number of ether oxygens (including phenoxy) is 2. The first-order valence-electron chi connectivity index (χ1n) is 9.51. The lowest BCUT2D eigenvalue weighted by molar-refractivity contribution is 0.0963. The second-order valence-corrected chi connectivity index (χ2v) is 6.99. The molecule has 2 heterocycles. The molecule has 1 atom stereocenters. The number of carbonyl (C=O) groups is 1. The van der Waals surface area contributed by atoms with E-state index in [1.165, 1.54) is 5.69 Å². The summed E-state index contributed by atoms with van der Waals surface area (Å²) in [6, 6.07) is 16.1. The lowest BCUT2D eigenvalue weighted by atomic mass is 10.2. The van der Waals surface area contributed by atoms with Gasteiger partial charge < -0.3 is 24.4 Å². The molecular formula is C21H25N3O4. The molecule has 148 valence electrons. The van der Waals surface area contributed by atoms with E-state index in [-0.39, 0.29) is 6.61 Å². The summed E-state index contributed by atoms with van der Waals surface area (Å²) < 4.78 is 10.3. The smallest absolute Gasteiger partial charge is 0.414 e. The normalized spacial score (nSPS) is 19.7. The van der Waals surface area contributed by atoms with Crippen molar-refractivity contribution in [1.82, 2.24) is 0 Å². The third kappa shape index (κ3) is 3.71. The average Bonchev–Trinajstić information content (AvgIpc) is 3.15. The molecule has 2 aliphatic rings. The number of carbonyl (C=O) groups excluding carboxylic acids is 1. The molecule has 7 heteroatoms. The summed E-state index contributed by atoms with van der Waals surface area (Å²) in [4.78, 5) is 18.2. The fraction of sp³-hybridized carbons (Fsp3) is 0.381. The molecular weight excluding hydrogens is 358 g/mol. The van der Waals surface area contributed by atoms with Gasteiger partial charge in [0.15, 0.2) is 0 Å². The van der Waals surface area contributed by atoms with Gasteiger partial charge in [-0.1, -0.05) is 0 Å². The predicted molar refractivity (Wildman–Crippen MR) is 109 cm³/mol. The number of piperazine rings is 1. The van der Waals surface area contributed by atoms with Crippen LogP contribution in [0.25, 0.3) is 0 Å². The number of amides is 1. The number of nitrogens with zero attached hydrogens (tertiary/aromatic N) is 3. The first-order chi connectivity index (χ1) is 13.7. The monoisotopic (exact) mass is 383 g/mol. The van der Waals surface area contributed by atoms with Gasteiger partial charge in [0.25, 0.3) is 0 Å². The van der Waals surface area contributed by atoms with Gasteiger partial charge in [0, 0.05) is 43.2 Å². The van der Waals surface area contributed by atoms with E-state index < -0.39 is 12.2 Å². The van der Waals surface area contributed by atoms with Crippen molar-refractivity contribution in [1.29, 1.82) is 0 Å². The summed E-state index contributed by atoms with van der Waals surface area (Å²) in [6.07, 6.45) is -0.849. The van der Waals surface area contributed by atoms with Gasteiger partial charge in [0.05, 0.1) is 20.3 Å². The van der Waals surface area contributed by atoms with Crippen LogP contribution in [0.2, 0.25) is 0 Å². The number of cyclic esters (lactones) is 1. The maximum atomic E-state index is 11.9. The average molecular weight is 383 g/mol. The van der Waals surface area contributed by atoms with Crippen molar-refractivity contribution >= 4 is 23.2 Å². The molecule has 2 aliphatic heterocycles. The minimum Gasteiger partial charge on any atom is -0.497 e. The number of benzene rings is 2. The van der Waals surface area contributed by atoms with E-state index in [9.17, 15) is 9.90 Å². The zero-order chi connectivity index (χ0) is 19.5. The summed E-state index contributed by atoms with van der Waals surface area (Å²) in [6.45, 7) is 4.00. The van der Waals surface area contributed by atoms with Crippen molar-refractivity contribution in [2.75, 3.05) is 61.1 Å². The maximum Gasteiger partial charge on any atom is 0.414 e. The van der Waals surface area contributed by atoms with Crippen LogP contribution in [0.1, 0.15) is 0 Å². The molecule has 0 unspecified atom stereocenters. The molecule has 28 heavy (non-hydrogen) atoms. The van der Waals surface area contributed by atoms with Crippen LogP contribution in [-0.2, 0) is 4.74 Å². The van der Waals surface area contributed by atoms with E-state index in [2.05, 4.69) is 21.9 Å². The van der Waals surface area contributed by atoms with E-state index in [1.807, 2.05) is 36.4 Å². The van der Waals surface area contributed by atoms with Crippen molar-refractivity contribution < 1.29 is 19.4 Å². The van der Waals surface area contributed by atoms with Crippen LogP contribution in [0.4, 0.5) is 21.9 Å². The molecule has 0 radical (unpaired) electrons. The van der Waals surface area contributed by atoms with E-state index in [0.717, 1.165) is 43.3 Å². The van der Waals surface area contributed by atoms with Crippen LogP contribution < -0.4 is 19.4 Å². The molecule has 0 saturated carbocycles. The number of anilines is 3. The van der Waals surface area contributed by atoms with E-state index >= 15 is 0 Å². The molecule has 0 aliphatic carbocycles. The molecule has 0 aromatic heterocycles. The van der Waals surface area contributed by atoms with Gasteiger partial charge in [-0.05, 0) is 48.5 Å². The Labute approximate surface area is 164 Å². The van der Waals surface area contributed by atoms with Gasteiger partial charge in [0.1, 0.15) is 11.9 Å². The zero-order valence-corrected chi connectivity index (χ0v) is 16.0. The van der Waals surface area contributed by atoms with E-state index in [1.54, 1.807) is 12.0 Å². The fourth-order valence-corrected chi connectivity index (χ4v) is 3.69. The standard InChI is InChI=1S/C21H25N3O4/c1-27-19-8-6-17(7-9-19)23-12-10-22(11-13-23)16-2-4-18(5-3-16)24-14-20(15-25)28-21(24)26/h2-9,20,25H,10-15H2,1H3/t20-/m1/s1. The Hall–Kier alpha value is -2.93. The number of aliphatic hydroxyl groups excluding tert-OH is 1. The number of hydrogen-bond donors (Lipinski definition) is 1. The van der Waals surface area contributed by atoms with Gasteiger partial charge in [-0.25, -0.2) is 4.79 Å². The minimum atomic E-state index is -0.446. The second kappa shape index (κ2) is 7.98. The van der Waals surface area contributed by atoms with Crippen LogP contribution in [0.15, 0.2) is 48.5 Å². The van der Waals surface area contributed by atoms with Crippen LogP contribution in [0.5, 0.6) is 5.75 Å².